The first-order valence-electron chi connectivity index (χ1n) is 12.2. The van der Waals surface area contributed by atoms with E-state index in [1.54, 1.807) is 0 Å². The summed E-state index contributed by atoms with van der Waals surface area (Å²) >= 11 is 0. The monoisotopic (exact) mass is 502 g/mol. The first-order chi connectivity index (χ1) is 16.6. The zero-order chi connectivity index (χ0) is 26.1. The first kappa shape index (κ1) is 31.1. The summed E-state index contributed by atoms with van der Waals surface area (Å²) in [5, 5.41) is 18.9. The Balaban J connectivity index is 2.33. The standard InChI is InChI=1S/C24H42N2O9/c1-24(2,3)35-23(31)19-25(11-13-32-15-17-34-18-16-33-14-12-27)20(28)7-5-4-6-10-26-21(29)8-9-22(26)30/h8-9,23,27,31H,4-7,10-19H2,1-3H3. The van der Waals surface area contributed by atoms with Crippen molar-refractivity contribution in [3.05, 3.63) is 12.2 Å². The number of unbranched alkanes of at least 4 members (excludes halogenated alkanes) is 2. The Morgan fingerprint density at radius 1 is 0.943 bits per heavy atom. The van der Waals surface area contributed by atoms with Crippen LogP contribution in [0.25, 0.3) is 0 Å². The molecule has 0 saturated carbocycles. The molecular weight excluding hydrogens is 460 g/mol. The minimum Gasteiger partial charge on any atom is -0.394 e. The highest BCUT2D eigenvalue weighted by Gasteiger charge is 2.23. The Hall–Kier alpha value is -1.89. The van der Waals surface area contributed by atoms with Gasteiger partial charge >= 0.3 is 0 Å². The van der Waals surface area contributed by atoms with Crippen LogP contribution >= 0.6 is 0 Å². The second kappa shape index (κ2) is 17.5. The molecule has 0 aromatic rings. The van der Waals surface area contributed by atoms with Gasteiger partial charge < -0.3 is 34.1 Å². The Morgan fingerprint density at radius 2 is 1.51 bits per heavy atom. The average Bonchev–Trinajstić information content (AvgIpc) is 3.10. The number of rotatable bonds is 20. The van der Waals surface area contributed by atoms with Crippen LogP contribution in [0.1, 0.15) is 46.5 Å². The molecule has 0 bridgehead atoms. The molecule has 1 aliphatic rings. The van der Waals surface area contributed by atoms with Gasteiger partial charge in [-0.3, -0.25) is 19.3 Å². The molecule has 0 saturated heterocycles. The molecule has 1 rings (SSSR count). The van der Waals surface area contributed by atoms with Crippen LogP contribution in [0, 0.1) is 0 Å². The number of hydrogen-bond donors (Lipinski definition) is 2. The van der Waals surface area contributed by atoms with E-state index in [9.17, 15) is 19.5 Å². The molecule has 0 fully saturated rings. The number of ether oxygens (including phenoxy) is 4. The molecule has 3 amide bonds. The van der Waals surface area contributed by atoms with Gasteiger partial charge in [-0.25, -0.2) is 0 Å². The predicted molar refractivity (Wildman–Crippen MR) is 127 cm³/mol. The Morgan fingerprint density at radius 3 is 2.09 bits per heavy atom. The highest BCUT2D eigenvalue weighted by molar-refractivity contribution is 6.12. The lowest BCUT2D eigenvalue weighted by molar-refractivity contribution is -0.179. The van der Waals surface area contributed by atoms with E-state index in [4.69, 9.17) is 24.1 Å². The minimum atomic E-state index is -1.12. The van der Waals surface area contributed by atoms with Crippen molar-refractivity contribution in [2.45, 2.75) is 58.3 Å². The van der Waals surface area contributed by atoms with E-state index in [1.807, 2.05) is 20.8 Å². The normalized spacial score (nSPS) is 14.7. The van der Waals surface area contributed by atoms with E-state index in [1.165, 1.54) is 22.0 Å². The summed E-state index contributed by atoms with van der Waals surface area (Å²) in [7, 11) is 0. The lowest BCUT2D eigenvalue weighted by atomic mass is 10.1. The molecule has 0 aromatic heterocycles. The molecule has 0 spiro atoms. The van der Waals surface area contributed by atoms with Crippen molar-refractivity contribution in [1.82, 2.24) is 9.80 Å². The number of imide groups is 1. The summed E-state index contributed by atoms with van der Waals surface area (Å²) in [6, 6.07) is 0. The van der Waals surface area contributed by atoms with Crippen molar-refractivity contribution in [2.24, 2.45) is 0 Å². The number of hydrogen-bond acceptors (Lipinski definition) is 9. The van der Waals surface area contributed by atoms with Gasteiger partial charge in [0.2, 0.25) is 5.91 Å². The predicted octanol–water partition coefficient (Wildman–Crippen LogP) is 0.476. The number of amides is 3. The second-order valence-electron chi connectivity index (χ2n) is 9.06. The quantitative estimate of drug-likeness (QED) is 0.138. The first-order valence-corrected chi connectivity index (χ1v) is 12.2. The molecule has 2 N–H and O–H groups in total. The minimum absolute atomic E-state index is 0.0217. The molecule has 0 radical (unpaired) electrons. The summed E-state index contributed by atoms with van der Waals surface area (Å²) in [6.45, 7) is 8.21. The molecule has 1 aliphatic heterocycles. The molecule has 1 unspecified atom stereocenters. The number of aliphatic hydroxyl groups is 2. The second-order valence-corrected chi connectivity index (χ2v) is 9.06. The molecular formula is C24H42N2O9. The lowest BCUT2D eigenvalue weighted by Gasteiger charge is -2.29. The molecule has 1 atom stereocenters. The Kier molecular flexibility index (Phi) is 15.6. The fourth-order valence-electron chi connectivity index (χ4n) is 3.27. The maximum absolute atomic E-state index is 12.8. The van der Waals surface area contributed by atoms with E-state index in [0.717, 1.165) is 0 Å². The third-order valence-corrected chi connectivity index (χ3v) is 4.88. The van der Waals surface area contributed by atoms with Crippen molar-refractivity contribution in [1.29, 1.82) is 0 Å². The number of carbonyl (C=O) groups is 3. The van der Waals surface area contributed by atoms with Gasteiger partial charge in [-0.2, -0.15) is 0 Å². The van der Waals surface area contributed by atoms with Crippen molar-refractivity contribution in [3.8, 4) is 0 Å². The van der Waals surface area contributed by atoms with E-state index < -0.39 is 11.9 Å². The van der Waals surface area contributed by atoms with Crippen LogP contribution in [0.4, 0.5) is 0 Å². The molecule has 202 valence electrons. The van der Waals surface area contributed by atoms with E-state index in [-0.39, 0.29) is 50.5 Å². The molecule has 0 aliphatic carbocycles. The summed E-state index contributed by atoms with van der Waals surface area (Å²) in [4.78, 5) is 38.6. The van der Waals surface area contributed by atoms with Crippen LogP contribution in [0.3, 0.4) is 0 Å². The van der Waals surface area contributed by atoms with Gasteiger partial charge in [0.15, 0.2) is 6.29 Å². The topological polar surface area (TPSA) is 135 Å². The maximum atomic E-state index is 12.8. The van der Waals surface area contributed by atoms with Gasteiger partial charge in [0.1, 0.15) is 0 Å². The van der Waals surface area contributed by atoms with Crippen molar-refractivity contribution in [3.63, 3.8) is 0 Å². The summed E-state index contributed by atoms with van der Waals surface area (Å²) in [5.74, 6) is -0.728. The van der Waals surface area contributed by atoms with Gasteiger partial charge in [0.25, 0.3) is 11.8 Å². The Bertz CT molecular complexity index is 646. The van der Waals surface area contributed by atoms with Gasteiger partial charge in [-0.1, -0.05) is 6.42 Å². The highest BCUT2D eigenvalue weighted by atomic mass is 16.6. The maximum Gasteiger partial charge on any atom is 0.253 e. The van der Waals surface area contributed by atoms with Crippen LogP contribution < -0.4 is 0 Å². The molecule has 11 heteroatoms. The number of nitrogens with zero attached hydrogens (tertiary/aromatic N) is 2. The third kappa shape index (κ3) is 15.0. The van der Waals surface area contributed by atoms with Crippen LogP contribution in [-0.4, -0.2) is 116 Å². The zero-order valence-electron chi connectivity index (χ0n) is 21.3. The summed E-state index contributed by atoms with van der Waals surface area (Å²) in [5.41, 5.74) is -0.553. The van der Waals surface area contributed by atoms with E-state index in [2.05, 4.69) is 0 Å². The van der Waals surface area contributed by atoms with Crippen molar-refractivity contribution >= 4 is 17.7 Å². The van der Waals surface area contributed by atoms with Crippen LogP contribution in [0.2, 0.25) is 0 Å². The fraction of sp³-hybridized carbons (Fsp3) is 0.792. The average molecular weight is 503 g/mol. The van der Waals surface area contributed by atoms with Crippen molar-refractivity contribution < 1.29 is 43.5 Å². The highest BCUT2D eigenvalue weighted by Crippen LogP contribution is 2.12. The van der Waals surface area contributed by atoms with Gasteiger partial charge in [0.05, 0.1) is 58.4 Å². The molecule has 0 aromatic carbocycles. The molecule has 11 nitrogen and oxygen atoms in total. The van der Waals surface area contributed by atoms with E-state index >= 15 is 0 Å². The molecule has 35 heavy (non-hydrogen) atoms. The van der Waals surface area contributed by atoms with Gasteiger partial charge in [-0.05, 0) is 33.6 Å². The van der Waals surface area contributed by atoms with Gasteiger partial charge in [0, 0.05) is 31.7 Å². The smallest absolute Gasteiger partial charge is 0.253 e. The SMILES string of the molecule is CC(C)(C)OC(O)CN(CCOCCOCCOCCO)C(=O)CCCCCN1C(=O)C=CC1=O. The van der Waals surface area contributed by atoms with E-state index in [0.29, 0.717) is 58.8 Å². The van der Waals surface area contributed by atoms with Gasteiger partial charge in [-0.15, -0.1) is 0 Å². The molecule has 1 heterocycles. The van der Waals surface area contributed by atoms with Crippen LogP contribution in [-0.2, 0) is 33.3 Å². The number of carbonyl (C=O) groups excluding carboxylic acids is 3. The third-order valence-electron chi connectivity index (χ3n) is 4.88. The zero-order valence-corrected chi connectivity index (χ0v) is 21.3. The fourth-order valence-corrected chi connectivity index (χ4v) is 3.27. The largest absolute Gasteiger partial charge is 0.394 e. The van der Waals surface area contributed by atoms with Crippen LogP contribution in [0.5, 0.6) is 0 Å². The number of aliphatic hydroxyl groups excluding tert-OH is 2. The van der Waals surface area contributed by atoms with Crippen LogP contribution in [0.15, 0.2) is 12.2 Å². The lowest BCUT2D eigenvalue weighted by Crippen LogP contribution is -2.42. The summed E-state index contributed by atoms with van der Waals surface area (Å²) < 4.78 is 21.5. The summed E-state index contributed by atoms with van der Waals surface area (Å²) in [6.07, 6.45) is 3.58. The Labute approximate surface area is 207 Å². The van der Waals surface area contributed by atoms with Crippen molar-refractivity contribution in [2.75, 3.05) is 65.9 Å².